The van der Waals surface area contributed by atoms with Gasteiger partial charge in [0.25, 0.3) is 5.91 Å². The Labute approximate surface area is 158 Å². The van der Waals surface area contributed by atoms with Gasteiger partial charge in [-0.1, -0.05) is 12.1 Å². The average Bonchev–Trinajstić information content (AvgIpc) is 2.68. The lowest BCUT2D eigenvalue weighted by molar-refractivity contribution is -0.137. The van der Waals surface area contributed by atoms with Gasteiger partial charge in [0, 0.05) is 23.6 Å². The van der Waals surface area contributed by atoms with Crippen molar-refractivity contribution < 1.29 is 22.7 Å². The number of nitrogens with one attached hydrogen (secondary N) is 2. The maximum atomic E-state index is 12.8. The molecule has 0 unspecified atom stereocenters. The van der Waals surface area contributed by atoms with Gasteiger partial charge in [0.1, 0.15) is 11.4 Å². The summed E-state index contributed by atoms with van der Waals surface area (Å²) in [6.45, 7) is 0. The fourth-order valence-electron chi connectivity index (χ4n) is 2.34. The number of hydrogen-bond donors (Lipinski definition) is 2. The molecular weight excluding hydrogens is 373 g/mol. The van der Waals surface area contributed by atoms with Crippen LogP contribution in [0, 0.1) is 0 Å². The Kier molecular flexibility index (Phi) is 5.44. The summed E-state index contributed by atoms with van der Waals surface area (Å²) in [4.78, 5) is 20.5. The highest BCUT2D eigenvalue weighted by Crippen LogP contribution is 2.30. The van der Waals surface area contributed by atoms with Crippen molar-refractivity contribution in [3.8, 4) is 5.75 Å². The summed E-state index contributed by atoms with van der Waals surface area (Å²) in [7, 11) is 1.54. The predicted molar refractivity (Wildman–Crippen MR) is 97.7 cm³/mol. The minimum atomic E-state index is -4.50. The molecular formula is C19H15F3N4O2. The van der Waals surface area contributed by atoms with E-state index in [-0.39, 0.29) is 17.3 Å². The summed E-state index contributed by atoms with van der Waals surface area (Å²) in [6, 6.07) is 12.7. The minimum absolute atomic E-state index is 0.00203. The molecule has 6 nitrogen and oxygen atoms in total. The second-order valence-electron chi connectivity index (χ2n) is 5.66. The largest absolute Gasteiger partial charge is 0.497 e. The zero-order valence-corrected chi connectivity index (χ0v) is 14.6. The van der Waals surface area contributed by atoms with Crippen LogP contribution in [0.2, 0.25) is 0 Å². The number of rotatable bonds is 5. The van der Waals surface area contributed by atoms with Crippen molar-refractivity contribution in [3.63, 3.8) is 0 Å². The highest BCUT2D eigenvalue weighted by molar-refractivity contribution is 6.03. The van der Waals surface area contributed by atoms with Crippen LogP contribution in [0.25, 0.3) is 0 Å². The molecule has 0 fully saturated rings. The summed E-state index contributed by atoms with van der Waals surface area (Å²) < 4.78 is 43.5. The Morgan fingerprint density at radius 2 is 1.79 bits per heavy atom. The first-order valence-corrected chi connectivity index (χ1v) is 8.08. The van der Waals surface area contributed by atoms with E-state index in [0.717, 1.165) is 12.1 Å². The SMILES string of the molecule is COc1cccc(Nc2nccc(C(=O)Nc3cccc(C(F)(F)F)c3)n2)c1. The molecule has 2 N–H and O–H groups in total. The van der Waals surface area contributed by atoms with Gasteiger partial charge in [0.05, 0.1) is 12.7 Å². The predicted octanol–water partition coefficient (Wildman–Crippen LogP) is 4.50. The number of halogens is 3. The van der Waals surface area contributed by atoms with Gasteiger partial charge >= 0.3 is 6.18 Å². The number of nitrogens with zero attached hydrogens (tertiary/aromatic N) is 2. The molecule has 0 aliphatic rings. The fourth-order valence-corrected chi connectivity index (χ4v) is 2.34. The third-order valence-electron chi connectivity index (χ3n) is 3.66. The summed E-state index contributed by atoms with van der Waals surface area (Å²) in [5.41, 5.74) is -0.193. The number of benzene rings is 2. The number of hydrogen-bond acceptors (Lipinski definition) is 5. The van der Waals surface area contributed by atoms with Crippen LogP contribution in [0.4, 0.5) is 30.5 Å². The lowest BCUT2D eigenvalue weighted by Gasteiger charge is -2.10. The molecule has 0 spiro atoms. The van der Waals surface area contributed by atoms with Gasteiger partial charge in [-0.3, -0.25) is 4.79 Å². The first kappa shape index (κ1) is 19.2. The molecule has 3 rings (SSSR count). The Morgan fingerprint density at radius 1 is 1.04 bits per heavy atom. The van der Waals surface area contributed by atoms with Crippen molar-refractivity contribution in [2.45, 2.75) is 6.18 Å². The quantitative estimate of drug-likeness (QED) is 0.673. The number of alkyl halides is 3. The number of amides is 1. The van der Waals surface area contributed by atoms with Crippen LogP contribution in [-0.4, -0.2) is 23.0 Å². The van der Waals surface area contributed by atoms with Crippen LogP contribution in [-0.2, 0) is 6.18 Å². The molecule has 1 aromatic heterocycles. The van der Waals surface area contributed by atoms with Crippen LogP contribution >= 0.6 is 0 Å². The summed E-state index contributed by atoms with van der Waals surface area (Å²) >= 11 is 0. The van der Waals surface area contributed by atoms with E-state index in [9.17, 15) is 18.0 Å². The van der Waals surface area contributed by atoms with Crippen molar-refractivity contribution in [1.29, 1.82) is 0 Å². The molecule has 1 heterocycles. The fraction of sp³-hybridized carbons (Fsp3) is 0.105. The van der Waals surface area contributed by atoms with Crippen molar-refractivity contribution in [3.05, 3.63) is 72.1 Å². The van der Waals surface area contributed by atoms with E-state index in [2.05, 4.69) is 20.6 Å². The zero-order valence-electron chi connectivity index (χ0n) is 14.6. The van der Waals surface area contributed by atoms with Crippen molar-refractivity contribution in [2.75, 3.05) is 17.7 Å². The molecule has 0 atom stereocenters. The lowest BCUT2D eigenvalue weighted by atomic mass is 10.2. The Balaban J connectivity index is 1.75. The second-order valence-corrected chi connectivity index (χ2v) is 5.66. The number of carbonyl (C=O) groups is 1. The number of methoxy groups -OCH3 is 1. The average molecular weight is 388 g/mol. The zero-order chi connectivity index (χ0) is 20.1. The summed E-state index contributed by atoms with van der Waals surface area (Å²) in [5.74, 6) is 0.129. The van der Waals surface area contributed by atoms with E-state index in [1.807, 2.05) is 0 Å². The van der Waals surface area contributed by atoms with Crippen LogP contribution < -0.4 is 15.4 Å². The standard InChI is InChI=1S/C19H15F3N4O2/c1-28-15-7-3-6-14(11-15)25-18-23-9-8-16(26-18)17(27)24-13-5-2-4-12(10-13)19(20,21)22/h2-11H,1H3,(H,24,27)(H,23,25,26). The normalized spacial score (nSPS) is 11.0. The Bertz CT molecular complexity index is 993. The first-order valence-electron chi connectivity index (χ1n) is 8.08. The first-order chi connectivity index (χ1) is 13.3. The monoisotopic (exact) mass is 388 g/mol. The Hall–Kier alpha value is -3.62. The number of aromatic nitrogens is 2. The van der Waals surface area contributed by atoms with Crippen molar-refractivity contribution in [1.82, 2.24) is 9.97 Å². The maximum Gasteiger partial charge on any atom is 0.416 e. The van der Waals surface area contributed by atoms with Crippen molar-refractivity contribution in [2.24, 2.45) is 0 Å². The van der Waals surface area contributed by atoms with Gasteiger partial charge < -0.3 is 15.4 Å². The molecule has 9 heteroatoms. The van der Waals surface area contributed by atoms with Gasteiger partial charge in [-0.2, -0.15) is 13.2 Å². The van der Waals surface area contributed by atoms with E-state index in [0.29, 0.717) is 11.4 Å². The lowest BCUT2D eigenvalue weighted by Crippen LogP contribution is -2.15. The second kappa shape index (κ2) is 7.95. The number of carbonyl (C=O) groups excluding carboxylic acids is 1. The third kappa shape index (κ3) is 4.76. The minimum Gasteiger partial charge on any atom is -0.497 e. The van der Waals surface area contributed by atoms with Gasteiger partial charge in [0.2, 0.25) is 5.95 Å². The molecule has 0 radical (unpaired) electrons. The highest BCUT2D eigenvalue weighted by Gasteiger charge is 2.30. The van der Waals surface area contributed by atoms with E-state index in [1.54, 1.807) is 24.3 Å². The molecule has 144 valence electrons. The number of anilines is 3. The van der Waals surface area contributed by atoms with Crippen LogP contribution in [0.5, 0.6) is 5.75 Å². The van der Waals surface area contributed by atoms with Crippen molar-refractivity contribution >= 4 is 23.2 Å². The van der Waals surface area contributed by atoms with Gasteiger partial charge in [-0.25, -0.2) is 9.97 Å². The topological polar surface area (TPSA) is 76.1 Å². The van der Waals surface area contributed by atoms with Crippen LogP contribution in [0.3, 0.4) is 0 Å². The number of ether oxygens (including phenoxy) is 1. The summed E-state index contributed by atoms with van der Waals surface area (Å²) in [6.07, 6.45) is -3.12. The molecule has 0 aliphatic carbocycles. The van der Waals surface area contributed by atoms with Gasteiger partial charge in [-0.05, 0) is 36.4 Å². The molecule has 0 saturated heterocycles. The molecule has 28 heavy (non-hydrogen) atoms. The van der Waals surface area contributed by atoms with E-state index in [1.165, 1.54) is 31.5 Å². The molecule has 0 bridgehead atoms. The third-order valence-corrected chi connectivity index (χ3v) is 3.66. The van der Waals surface area contributed by atoms with Gasteiger partial charge in [-0.15, -0.1) is 0 Å². The molecule has 3 aromatic rings. The molecule has 1 amide bonds. The summed E-state index contributed by atoms with van der Waals surface area (Å²) in [5, 5.41) is 5.34. The van der Waals surface area contributed by atoms with E-state index >= 15 is 0 Å². The maximum absolute atomic E-state index is 12.8. The molecule has 0 aliphatic heterocycles. The molecule has 2 aromatic carbocycles. The van der Waals surface area contributed by atoms with Crippen LogP contribution in [0.15, 0.2) is 60.8 Å². The smallest absolute Gasteiger partial charge is 0.416 e. The highest BCUT2D eigenvalue weighted by atomic mass is 19.4. The van der Waals surface area contributed by atoms with E-state index < -0.39 is 17.6 Å². The van der Waals surface area contributed by atoms with E-state index in [4.69, 9.17) is 4.74 Å². The Morgan fingerprint density at radius 3 is 2.54 bits per heavy atom. The van der Waals surface area contributed by atoms with Gasteiger partial charge in [0.15, 0.2) is 0 Å². The van der Waals surface area contributed by atoms with Crippen LogP contribution in [0.1, 0.15) is 16.1 Å². The molecule has 0 saturated carbocycles.